The Morgan fingerprint density at radius 2 is 1.89 bits per heavy atom. The van der Waals surface area contributed by atoms with Crippen molar-refractivity contribution >= 4 is 5.91 Å². The van der Waals surface area contributed by atoms with E-state index in [1.807, 2.05) is 0 Å². The summed E-state index contributed by atoms with van der Waals surface area (Å²) in [6.45, 7) is 8.75. The smallest absolute Gasteiger partial charge is 0.225 e. The van der Waals surface area contributed by atoms with Gasteiger partial charge in [0.15, 0.2) is 0 Å². The highest BCUT2D eigenvalue weighted by molar-refractivity contribution is 5.79. The van der Waals surface area contributed by atoms with Crippen molar-refractivity contribution in [1.29, 1.82) is 0 Å². The number of hydrogen-bond acceptors (Lipinski definition) is 2. The first-order chi connectivity index (χ1) is 8.87. The maximum absolute atomic E-state index is 12.7. The summed E-state index contributed by atoms with van der Waals surface area (Å²) in [5.74, 6) is 1.15. The van der Waals surface area contributed by atoms with E-state index < -0.39 is 0 Å². The van der Waals surface area contributed by atoms with E-state index in [0.717, 1.165) is 45.2 Å². The molecule has 0 bridgehead atoms. The van der Waals surface area contributed by atoms with Gasteiger partial charge >= 0.3 is 0 Å². The van der Waals surface area contributed by atoms with Crippen LogP contribution in [0.5, 0.6) is 0 Å². The van der Waals surface area contributed by atoms with Crippen molar-refractivity contribution in [3.8, 4) is 0 Å². The molecule has 0 radical (unpaired) electrons. The maximum Gasteiger partial charge on any atom is 0.225 e. The third-order valence-corrected chi connectivity index (χ3v) is 4.98. The molecule has 2 N–H and O–H groups in total. The standard InChI is InChI=1S/C16H30N2O/c1-12-9-13(11-14(17)10-12)15(19)18-7-4-5-16(2,3)6-8-18/h12-14H,4-11,17H2,1-3H3. The summed E-state index contributed by atoms with van der Waals surface area (Å²) in [5, 5.41) is 0. The van der Waals surface area contributed by atoms with Gasteiger partial charge in [-0.1, -0.05) is 20.8 Å². The Morgan fingerprint density at radius 3 is 2.58 bits per heavy atom. The molecule has 1 saturated carbocycles. The van der Waals surface area contributed by atoms with E-state index in [1.165, 1.54) is 6.42 Å². The predicted octanol–water partition coefficient (Wildman–Crippen LogP) is 2.79. The molecule has 0 aromatic heterocycles. The number of nitrogens with two attached hydrogens (primary N) is 1. The van der Waals surface area contributed by atoms with E-state index >= 15 is 0 Å². The SMILES string of the molecule is CC1CC(N)CC(C(=O)N2CCCC(C)(C)CC2)C1. The fourth-order valence-corrected chi connectivity index (χ4v) is 3.76. The van der Waals surface area contributed by atoms with Crippen molar-refractivity contribution in [3.63, 3.8) is 0 Å². The number of carbonyl (C=O) groups is 1. The molecule has 1 aliphatic carbocycles. The second-order valence-electron chi connectivity index (χ2n) is 7.61. The fourth-order valence-electron chi connectivity index (χ4n) is 3.76. The monoisotopic (exact) mass is 266 g/mol. The van der Waals surface area contributed by atoms with Gasteiger partial charge in [0.25, 0.3) is 0 Å². The van der Waals surface area contributed by atoms with Crippen molar-refractivity contribution in [3.05, 3.63) is 0 Å². The molecular formula is C16H30N2O. The van der Waals surface area contributed by atoms with Crippen LogP contribution in [0.1, 0.15) is 59.3 Å². The first kappa shape index (κ1) is 14.8. The number of nitrogens with zero attached hydrogens (tertiary/aromatic N) is 1. The summed E-state index contributed by atoms with van der Waals surface area (Å²) in [4.78, 5) is 14.8. The molecule has 1 saturated heterocycles. The summed E-state index contributed by atoms with van der Waals surface area (Å²) >= 11 is 0. The quantitative estimate of drug-likeness (QED) is 0.793. The second kappa shape index (κ2) is 5.82. The molecule has 0 spiro atoms. The van der Waals surface area contributed by atoms with E-state index in [4.69, 9.17) is 5.73 Å². The molecule has 3 nitrogen and oxygen atoms in total. The summed E-state index contributed by atoms with van der Waals surface area (Å²) in [5.41, 5.74) is 6.48. The minimum atomic E-state index is 0.181. The van der Waals surface area contributed by atoms with E-state index in [-0.39, 0.29) is 12.0 Å². The largest absolute Gasteiger partial charge is 0.342 e. The van der Waals surface area contributed by atoms with Crippen molar-refractivity contribution in [2.45, 2.75) is 65.3 Å². The van der Waals surface area contributed by atoms with Gasteiger partial charge in [0.2, 0.25) is 5.91 Å². The van der Waals surface area contributed by atoms with Crippen molar-refractivity contribution in [2.24, 2.45) is 23.0 Å². The maximum atomic E-state index is 12.7. The van der Waals surface area contributed by atoms with E-state index in [9.17, 15) is 4.79 Å². The summed E-state index contributed by atoms with van der Waals surface area (Å²) in [6.07, 6.45) is 6.52. The molecule has 3 atom stereocenters. The zero-order valence-electron chi connectivity index (χ0n) is 12.8. The molecule has 3 heteroatoms. The molecule has 110 valence electrons. The van der Waals surface area contributed by atoms with Crippen LogP contribution in [0.2, 0.25) is 0 Å². The van der Waals surface area contributed by atoms with E-state index in [0.29, 0.717) is 17.2 Å². The van der Waals surface area contributed by atoms with Gasteiger partial charge in [-0.15, -0.1) is 0 Å². The average molecular weight is 266 g/mol. The Kier molecular flexibility index (Phi) is 4.54. The highest BCUT2D eigenvalue weighted by atomic mass is 16.2. The highest BCUT2D eigenvalue weighted by Crippen LogP contribution is 2.33. The highest BCUT2D eigenvalue weighted by Gasteiger charge is 2.33. The summed E-state index contributed by atoms with van der Waals surface area (Å²) < 4.78 is 0. The van der Waals surface area contributed by atoms with Crippen LogP contribution >= 0.6 is 0 Å². The van der Waals surface area contributed by atoms with Gasteiger partial charge in [0.05, 0.1) is 0 Å². The molecule has 2 fully saturated rings. The number of likely N-dealkylation sites (tertiary alicyclic amines) is 1. The first-order valence-corrected chi connectivity index (χ1v) is 7.92. The van der Waals surface area contributed by atoms with Crippen LogP contribution in [0.25, 0.3) is 0 Å². The lowest BCUT2D eigenvalue weighted by Crippen LogP contribution is -2.42. The third kappa shape index (κ3) is 3.95. The zero-order valence-corrected chi connectivity index (χ0v) is 12.8. The van der Waals surface area contributed by atoms with E-state index in [2.05, 4.69) is 25.7 Å². The molecule has 3 unspecified atom stereocenters. The van der Waals surface area contributed by atoms with Crippen LogP contribution in [-0.2, 0) is 4.79 Å². The van der Waals surface area contributed by atoms with Crippen molar-refractivity contribution in [2.75, 3.05) is 13.1 Å². The molecular weight excluding hydrogens is 236 g/mol. The Bertz CT molecular complexity index is 317. The normalized spacial score (nSPS) is 35.8. The minimum Gasteiger partial charge on any atom is -0.342 e. The lowest BCUT2D eigenvalue weighted by molar-refractivity contribution is -0.137. The number of carbonyl (C=O) groups excluding carboxylic acids is 1. The number of amides is 1. The summed E-state index contributed by atoms with van der Waals surface area (Å²) in [6, 6.07) is 0.223. The van der Waals surface area contributed by atoms with Gasteiger partial charge in [0.1, 0.15) is 0 Å². The molecule has 19 heavy (non-hydrogen) atoms. The number of rotatable bonds is 1. The lowest BCUT2D eigenvalue weighted by Gasteiger charge is -2.34. The zero-order chi connectivity index (χ0) is 14.0. The molecule has 0 aromatic rings. The van der Waals surface area contributed by atoms with Crippen LogP contribution in [0.3, 0.4) is 0 Å². The topological polar surface area (TPSA) is 46.3 Å². The van der Waals surface area contributed by atoms with Gasteiger partial charge in [-0.3, -0.25) is 4.79 Å². The molecule has 0 aromatic carbocycles. The Balaban J connectivity index is 1.95. The fraction of sp³-hybridized carbons (Fsp3) is 0.938. The van der Waals surface area contributed by atoms with E-state index in [1.54, 1.807) is 0 Å². The van der Waals surface area contributed by atoms with Crippen LogP contribution in [0, 0.1) is 17.3 Å². The molecule has 1 aliphatic heterocycles. The summed E-state index contributed by atoms with van der Waals surface area (Å²) in [7, 11) is 0. The molecule has 2 rings (SSSR count). The second-order valence-corrected chi connectivity index (χ2v) is 7.61. The van der Waals surface area contributed by atoms with Crippen molar-refractivity contribution in [1.82, 2.24) is 4.90 Å². The van der Waals surface area contributed by atoms with Gasteiger partial charge in [-0.25, -0.2) is 0 Å². The third-order valence-electron chi connectivity index (χ3n) is 4.98. The Hall–Kier alpha value is -0.570. The Labute approximate surface area is 117 Å². The first-order valence-electron chi connectivity index (χ1n) is 7.92. The average Bonchev–Trinajstić information content (AvgIpc) is 2.48. The number of hydrogen-bond donors (Lipinski definition) is 1. The van der Waals surface area contributed by atoms with Gasteiger partial charge < -0.3 is 10.6 Å². The Morgan fingerprint density at radius 1 is 1.16 bits per heavy atom. The van der Waals surface area contributed by atoms with Gasteiger partial charge in [0, 0.05) is 25.0 Å². The van der Waals surface area contributed by atoms with Crippen LogP contribution in [0.15, 0.2) is 0 Å². The molecule has 2 aliphatic rings. The van der Waals surface area contributed by atoms with Crippen molar-refractivity contribution < 1.29 is 4.79 Å². The van der Waals surface area contributed by atoms with Gasteiger partial charge in [-0.2, -0.15) is 0 Å². The van der Waals surface area contributed by atoms with Gasteiger partial charge in [-0.05, 0) is 49.9 Å². The molecule has 1 heterocycles. The lowest BCUT2D eigenvalue weighted by atomic mass is 9.79. The van der Waals surface area contributed by atoms with Crippen LogP contribution in [-0.4, -0.2) is 29.9 Å². The van der Waals surface area contributed by atoms with Crippen LogP contribution in [0.4, 0.5) is 0 Å². The minimum absolute atomic E-state index is 0.181. The molecule has 1 amide bonds. The predicted molar refractivity (Wildman–Crippen MR) is 78.7 cm³/mol. The van der Waals surface area contributed by atoms with Crippen LogP contribution < -0.4 is 5.73 Å².